The Bertz CT molecular complexity index is 1570. The van der Waals surface area contributed by atoms with E-state index in [2.05, 4.69) is 20.2 Å². The van der Waals surface area contributed by atoms with E-state index in [-0.39, 0.29) is 36.5 Å². The molecule has 4 heterocycles. The van der Waals surface area contributed by atoms with Crippen molar-refractivity contribution in [3.63, 3.8) is 0 Å². The van der Waals surface area contributed by atoms with E-state index in [0.717, 1.165) is 17.7 Å². The molecule has 40 heavy (non-hydrogen) atoms. The van der Waals surface area contributed by atoms with Gasteiger partial charge in [-0.05, 0) is 37.5 Å². The third-order valence-electron chi connectivity index (χ3n) is 7.06. The zero-order chi connectivity index (χ0) is 29.0. The van der Waals surface area contributed by atoms with E-state index >= 15 is 0 Å². The highest BCUT2D eigenvalue weighted by molar-refractivity contribution is 5.97. The van der Waals surface area contributed by atoms with Crippen LogP contribution in [0, 0.1) is 0 Å². The molecule has 0 spiro atoms. The van der Waals surface area contributed by atoms with Gasteiger partial charge in [0.1, 0.15) is 11.8 Å². The van der Waals surface area contributed by atoms with Crippen LogP contribution in [-0.2, 0) is 11.6 Å². The fraction of sp³-hybridized carbons (Fsp3) is 0.393. The third-order valence-corrected chi connectivity index (χ3v) is 7.06. The third kappa shape index (κ3) is 5.05. The number of nitrogens with one attached hydrogen (secondary N) is 1. The van der Waals surface area contributed by atoms with Gasteiger partial charge in [0, 0.05) is 36.8 Å². The molecule has 3 aromatic heterocycles. The van der Waals surface area contributed by atoms with E-state index in [9.17, 15) is 22.8 Å². The largest absolute Gasteiger partial charge is 0.449 e. The maximum Gasteiger partial charge on any atom is 0.416 e. The monoisotopic (exact) mass is 554 g/mol. The number of aromatic amines is 1. The van der Waals surface area contributed by atoms with Gasteiger partial charge in [-0.15, -0.1) is 0 Å². The van der Waals surface area contributed by atoms with Gasteiger partial charge < -0.3 is 14.2 Å². The summed E-state index contributed by atoms with van der Waals surface area (Å²) in [4.78, 5) is 38.3. The van der Waals surface area contributed by atoms with E-state index in [1.54, 1.807) is 21.9 Å². The molecule has 1 aromatic carbocycles. The number of carbonyl (C=O) groups is 2. The summed E-state index contributed by atoms with van der Waals surface area (Å²) in [6, 6.07) is 8.19. The zero-order valence-corrected chi connectivity index (χ0v) is 22.8. The average molecular weight is 555 g/mol. The molecule has 0 saturated carbocycles. The fourth-order valence-corrected chi connectivity index (χ4v) is 4.96. The topological polar surface area (TPSA) is 108 Å². The van der Waals surface area contributed by atoms with Crippen molar-refractivity contribution in [1.29, 1.82) is 0 Å². The molecule has 210 valence electrons. The Morgan fingerprint density at radius 3 is 2.30 bits per heavy atom. The number of fused-ring (bicyclic) bond motifs is 1. The molecule has 1 aliphatic rings. The molecule has 4 aromatic rings. The number of carbonyl (C=O) groups excluding carboxylic acids is 2. The predicted molar refractivity (Wildman–Crippen MR) is 141 cm³/mol. The van der Waals surface area contributed by atoms with Crippen molar-refractivity contribution in [3.05, 3.63) is 65.4 Å². The lowest BCUT2D eigenvalue weighted by Crippen LogP contribution is -2.62. The molecule has 1 N–H and O–H groups in total. The first-order valence-electron chi connectivity index (χ1n) is 12.7. The smallest absolute Gasteiger partial charge is 0.416 e. The summed E-state index contributed by atoms with van der Waals surface area (Å²) < 4.78 is 45.3. The number of benzene rings is 1. The van der Waals surface area contributed by atoms with E-state index in [1.165, 1.54) is 18.5 Å². The molecular weight excluding hydrogens is 525 g/mol. The quantitative estimate of drug-likeness (QED) is 0.368. The number of amides is 2. The highest BCUT2D eigenvalue weighted by Crippen LogP contribution is 2.36. The molecular formula is C28H29F3N6O3. The number of aromatic nitrogens is 4. The number of halogens is 3. The highest BCUT2D eigenvalue weighted by atomic mass is 19.4. The maximum atomic E-state index is 13.7. The molecule has 0 unspecified atom stereocenters. The van der Waals surface area contributed by atoms with Crippen molar-refractivity contribution in [3.8, 4) is 11.3 Å². The molecule has 9 nitrogen and oxygen atoms in total. The van der Waals surface area contributed by atoms with Crippen LogP contribution in [0.1, 0.15) is 66.9 Å². The Morgan fingerprint density at radius 2 is 1.73 bits per heavy atom. The molecule has 1 fully saturated rings. The number of rotatable bonds is 3. The Morgan fingerprint density at radius 1 is 1.02 bits per heavy atom. The summed E-state index contributed by atoms with van der Waals surface area (Å²) in [7, 11) is 0. The molecule has 1 saturated heterocycles. The van der Waals surface area contributed by atoms with Crippen molar-refractivity contribution in [2.75, 3.05) is 19.6 Å². The standard InChI is InChI=1S/C28H29F3N6O3/c1-26(2,3)18-12-19(16-6-8-17(9-7-16)28(29,30)31)34-20-13-21(40-22(18)20)24(38)37-11-10-36(14-27(37,4)5)25(39)23-32-15-33-35-23/h6-9,12-13,15H,10-11,14H2,1-5H3,(H,32,33,35). The van der Waals surface area contributed by atoms with Gasteiger partial charge >= 0.3 is 6.18 Å². The van der Waals surface area contributed by atoms with E-state index in [1.807, 2.05) is 34.6 Å². The molecule has 0 atom stereocenters. The van der Waals surface area contributed by atoms with Crippen LogP contribution < -0.4 is 0 Å². The lowest BCUT2D eigenvalue weighted by atomic mass is 9.86. The second-order valence-electron chi connectivity index (χ2n) is 11.5. The molecule has 12 heteroatoms. The van der Waals surface area contributed by atoms with Crippen molar-refractivity contribution >= 4 is 22.9 Å². The van der Waals surface area contributed by atoms with Gasteiger partial charge in [0.15, 0.2) is 11.3 Å². The highest BCUT2D eigenvalue weighted by Gasteiger charge is 2.40. The molecule has 0 radical (unpaired) electrons. The summed E-state index contributed by atoms with van der Waals surface area (Å²) >= 11 is 0. The Hall–Kier alpha value is -4.22. The number of H-pyrrole nitrogens is 1. The van der Waals surface area contributed by atoms with Crippen LogP contribution in [0.25, 0.3) is 22.4 Å². The molecule has 1 aliphatic heterocycles. The number of nitrogens with zero attached hydrogens (tertiary/aromatic N) is 5. The zero-order valence-electron chi connectivity index (χ0n) is 22.8. The van der Waals surface area contributed by atoms with Crippen LogP contribution in [0.3, 0.4) is 0 Å². The minimum atomic E-state index is -4.44. The fourth-order valence-electron chi connectivity index (χ4n) is 4.96. The van der Waals surface area contributed by atoms with Gasteiger partial charge in [0.25, 0.3) is 11.8 Å². The van der Waals surface area contributed by atoms with Gasteiger partial charge in [-0.3, -0.25) is 14.7 Å². The number of furan rings is 1. The molecule has 5 rings (SSSR count). The van der Waals surface area contributed by atoms with Gasteiger partial charge in [-0.2, -0.15) is 18.3 Å². The van der Waals surface area contributed by atoms with Crippen LogP contribution in [-0.4, -0.2) is 67.0 Å². The summed E-state index contributed by atoms with van der Waals surface area (Å²) in [5, 5.41) is 6.30. The maximum absolute atomic E-state index is 13.7. The summed E-state index contributed by atoms with van der Waals surface area (Å²) in [6.07, 6.45) is -3.17. The Kier molecular flexibility index (Phi) is 6.47. The number of hydrogen-bond acceptors (Lipinski definition) is 6. The van der Waals surface area contributed by atoms with Crippen LogP contribution in [0.15, 0.2) is 47.1 Å². The lowest BCUT2D eigenvalue weighted by Gasteiger charge is -2.46. The average Bonchev–Trinajstić information content (AvgIpc) is 3.56. The molecule has 0 aliphatic carbocycles. The summed E-state index contributed by atoms with van der Waals surface area (Å²) in [5.74, 6) is -0.403. The number of pyridine rings is 1. The first kappa shape index (κ1) is 27.4. The second-order valence-corrected chi connectivity index (χ2v) is 11.5. The lowest BCUT2D eigenvalue weighted by molar-refractivity contribution is -0.137. The van der Waals surface area contributed by atoms with E-state index < -0.39 is 22.7 Å². The minimum absolute atomic E-state index is 0.0978. The first-order valence-corrected chi connectivity index (χ1v) is 12.7. The number of alkyl halides is 3. The normalized spacial score (nSPS) is 16.0. The van der Waals surface area contributed by atoms with Crippen molar-refractivity contribution in [1.82, 2.24) is 30.0 Å². The molecule has 0 bridgehead atoms. The van der Waals surface area contributed by atoms with Gasteiger partial charge in [-0.1, -0.05) is 32.9 Å². The van der Waals surface area contributed by atoms with E-state index in [4.69, 9.17) is 4.42 Å². The first-order chi connectivity index (χ1) is 18.6. The number of piperazine rings is 1. The van der Waals surface area contributed by atoms with Crippen molar-refractivity contribution < 1.29 is 27.2 Å². The second kappa shape index (κ2) is 9.46. The van der Waals surface area contributed by atoms with Crippen LogP contribution >= 0.6 is 0 Å². The van der Waals surface area contributed by atoms with Gasteiger partial charge in [-0.25, -0.2) is 9.97 Å². The van der Waals surface area contributed by atoms with E-state index in [0.29, 0.717) is 28.9 Å². The van der Waals surface area contributed by atoms with Gasteiger partial charge in [0.05, 0.1) is 16.8 Å². The van der Waals surface area contributed by atoms with Crippen molar-refractivity contribution in [2.24, 2.45) is 0 Å². The minimum Gasteiger partial charge on any atom is -0.449 e. The van der Waals surface area contributed by atoms with Crippen molar-refractivity contribution in [2.45, 2.75) is 51.7 Å². The molecule has 2 amide bonds. The van der Waals surface area contributed by atoms with Crippen LogP contribution in [0.4, 0.5) is 13.2 Å². The predicted octanol–water partition coefficient (Wildman–Crippen LogP) is 5.31. The summed E-state index contributed by atoms with van der Waals surface area (Å²) in [5.41, 5.74) is 0.782. The van der Waals surface area contributed by atoms with Gasteiger partial charge in [0.2, 0.25) is 5.82 Å². The SMILES string of the molecule is CC(C)(C)c1cc(-c2ccc(C(F)(F)F)cc2)nc2cc(C(=O)N3CCN(C(=O)c4ncn[nH]4)CC3(C)C)oc12. The summed E-state index contributed by atoms with van der Waals surface area (Å²) in [6.45, 7) is 10.5. The Labute approximate surface area is 228 Å². The number of hydrogen-bond donors (Lipinski definition) is 1. The van der Waals surface area contributed by atoms with Crippen LogP contribution in [0.2, 0.25) is 0 Å². The Balaban J connectivity index is 1.47. The van der Waals surface area contributed by atoms with Crippen LogP contribution in [0.5, 0.6) is 0 Å².